The second-order valence-corrected chi connectivity index (χ2v) is 12.3. The molecule has 204 valence electrons. The summed E-state index contributed by atoms with van der Waals surface area (Å²) in [6.45, 7) is 4.94. The molecule has 0 saturated carbocycles. The summed E-state index contributed by atoms with van der Waals surface area (Å²) in [4.78, 5) is 47.9. The van der Waals surface area contributed by atoms with Gasteiger partial charge < -0.3 is 19.8 Å². The van der Waals surface area contributed by atoms with Crippen molar-refractivity contribution in [2.24, 2.45) is 11.8 Å². The van der Waals surface area contributed by atoms with Crippen molar-refractivity contribution in [3.8, 4) is 0 Å². The van der Waals surface area contributed by atoms with Crippen LogP contribution < -0.4 is 0 Å². The number of aliphatic hydroxyl groups excluding tert-OH is 1. The summed E-state index contributed by atoms with van der Waals surface area (Å²) in [5.41, 5.74) is 1.05. The maximum absolute atomic E-state index is 14.3. The molecule has 2 saturated heterocycles. The molecule has 1 aromatic carbocycles. The first-order valence-electron chi connectivity index (χ1n) is 14.1. The first-order chi connectivity index (χ1) is 18.5. The molecule has 8 heteroatoms. The van der Waals surface area contributed by atoms with Gasteiger partial charge in [0.15, 0.2) is 0 Å². The Kier molecular flexibility index (Phi) is 8.29. The Hall–Kier alpha value is -2.58. The smallest absolute Gasteiger partial charge is 0.247 e. The van der Waals surface area contributed by atoms with Crippen LogP contribution in [-0.4, -0.2) is 86.4 Å². The van der Waals surface area contributed by atoms with Crippen LogP contribution in [0, 0.1) is 11.8 Å². The molecule has 38 heavy (non-hydrogen) atoms. The van der Waals surface area contributed by atoms with E-state index in [1.165, 1.54) is 0 Å². The van der Waals surface area contributed by atoms with Crippen LogP contribution in [0.25, 0.3) is 0 Å². The van der Waals surface area contributed by atoms with Gasteiger partial charge in [0.25, 0.3) is 0 Å². The number of hydrogen-bond donors (Lipinski definition) is 1. The lowest BCUT2D eigenvalue weighted by molar-refractivity contribution is -0.144. The van der Waals surface area contributed by atoms with Crippen LogP contribution in [0.15, 0.2) is 54.6 Å². The molecule has 1 N–H and O–H groups in total. The highest BCUT2D eigenvalue weighted by molar-refractivity contribution is 8.02. The summed E-state index contributed by atoms with van der Waals surface area (Å²) in [6, 6.07) is 9.33. The van der Waals surface area contributed by atoms with Crippen molar-refractivity contribution in [3.63, 3.8) is 0 Å². The highest BCUT2D eigenvalue weighted by atomic mass is 32.2. The van der Waals surface area contributed by atoms with Crippen molar-refractivity contribution in [2.45, 2.75) is 61.6 Å². The summed E-state index contributed by atoms with van der Waals surface area (Å²) in [5, 5.41) is 9.03. The molecule has 1 spiro atoms. The Morgan fingerprint density at radius 2 is 1.68 bits per heavy atom. The molecule has 4 aliphatic heterocycles. The highest BCUT2D eigenvalue weighted by Crippen LogP contribution is 2.61. The molecule has 1 unspecified atom stereocenters. The van der Waals surface area contributed by atoms with Crippen molar-refractivity contribution in [3.05, 3.63) is 60.2 Å². The van der Waals surface area contributed by atoms with Gasteiger partial charge in [0.05, 0.1) is 16.6 Å². The van der Waals surface area contributed by atoms with Crippen LogP contribution in [0.1, 0.15) is 44.6 Å². The second kappa shape index (κ2) is 11.7. The van der Waals surface area contributed by atoms with E-state index in [9.17, 15) is 14.4 Å². The van der Waals surface area contributed by atoms with Gasteiger partial charge in [-0.15, -0.1) is 11.8 Å². The number of aliphatic hydroxyl groups is 1. The average molecular weight is 538 g/mol. The number of rotatable bonds is 10. The van der Waals surface area contributed by atoms with E-state index in [0.29, 0.717) is 32.7 Å². The Morgan fingerprint density at radius 1 is 0.921 bits per heavy atom. The van der Waals surface area contributed by atoms with Gasteiger partial charge in [-0.05, 0) is 24.8 Å². The number of fused-ring (bicyclic) bond motifs is 2. The van der Waals surface area contributed by atoms with E-state index in [4.69, 9.17) is 5.11 Å². The molecule has 0 aliphatic carbocycles. The second-order valence-electron chi connectivity index (χ2n) is 10.8. The van der Waals surface area contributed by atoms with Gasteiger partial charge in [0, 0.05) is 44.6 Å². The van der Waals surface area contributed by atoms with E-state index >= 15 is 0 Å². The lowest BCUT2D eigenvalue weighted by atomic mass is 9.78. The average Bonchev–Trinajstić information content (AvgIpc) is 3.24. The van der Waals surface area contributed by atoms with Crippen molar-refractivity contribution >= 4 is 29.5 Å². The largest absolute Gasteiger partial charge is 0.396 e. The summed E-state index contributed by atoms with van der Waals surface area (Å²) in [7, 11) is 0. The van der Waals surface area contributed by atoms with Gasteiger partial charge in [-0.25, -0.2) is 0 Å². The molecule has 0 bridgehead atoms. The maximum Gasteiger partial charge on any atom is 0.247 e. The van der Waals surface area contributed by atoms with E-state index in [0.717, 1.165) is 37.7 Å². The third-order valence-corrected chi connectivity index (χ3v) is 10.1. The Bertz CT molecular complexity index is 1090. The standard InChI is InChI=1S/C30H39N3O4S/c1-2-16-31-17-10-14-23-24(27(31)35)25-28(36)33(19-8-3-4-9-20-34)26-29(37)32(18-11-15-30(25,26)38-23)21-22-12-6-5-7-13-22/h5-7,10-15,23-26,34H,2-4,8-9,16-21H2,1H3/t23-,24+,25+,26?,30+/m1/s1. The van der Waals surface area contributed by atoms with Gasteiger partial charge in [0.2, 0.25) is 17.7 Å². The third-order valence-electron chi connectivity index (χ3n) is 8.34. The summed E-state index contributed by atoms with van der Waals surface area (Å²) < 4.78 is -0.755. The summed E-state index contributed by atoms with van der Waals surface area (Å²) in [5.74, 6) is -1.06. The number of likely N-dealkylation sites (tertiary alicyclic amines) is 1. The van der Waals surface area contributed by atoms with Crippen LogP contribution in [0.2, 0.25) is 0 Å². The SMILES string of the molecule is CCCN1CC=C[C@H]2S[C@]34C=CCN(Cc5ccccc5)C(=O)C3N(CCCCCCO)C(=O)[C@@H]4[C@H]2C1=O. The molecule has 0 aromatic heterocycles. The first kappa shape index (κ1) is 27.0. The fourth-order valence-electron chi connectivity index (χ4n) is 6.64. The molecule has 4 aliphatic rings. The summed E-state index contributed by atoms with van der Waals surface area (Å²) >= 11 is 1.65. The number of hydrogen-bond acceptors (Lipinski definition) is 5. The van der Waals surface area contributed by atoms with Crippen molar-refractivity contribution in [2.75, 3.05) is 32.8 Å². The highest BCUT2D eigenvalue weighted by Gasteiger charge is 2.70. The monoisotopic (exact) mass is 537 g/mol. The number of carbonyl (C=O) groups is 3. The molecule has 2 fully saturated rings. The Balaban J connectivity index is 1.49. The molecule has 4 heterocycles. The third kappa shape index (κ3) is 4.81. The fourth-order valence-corrected chi connectivity index (χ4v) is 8.65. The molecule has 5 rings (SSSR count). The number of benzene rings is 1. The van der Waals surface area contributed by atoms with Gasteiger partial charge in [-0.2, -0.15) is 0 Å². The van der Waals surface area contributed by atoms with E-state index in [2.05, 4.69) is 25.2 Å². The predicted molar refractivity (Wildman–Crippen MR) is 149 cm³/mol. The van der Waals surface area contributed by atoms with Gasteiger partial charge in [0.1, 0.15) is 6.04 Å². The van der Waals surface area contributed by atoms with Crippen LogP contribution >= 0.6 is 11.8 Å². The van der Waals surface area contributed by atoms with E-state index in [-0.39, 0.29) is 29.6 Å². The van der Waals surface area contributed by atoms with Gasteiger partial charge >= 0.3 is 0 Å². The normalized spacial score (nSPS) is 30.4. The van der Waals surface area contributed by atoms with Gasteiger partial charge in [-0.1, -0.05) is 74.4 Å². The number of nitrogens with zero attached hydrogens (tertiary/aromatic N) is 3. The number of thioether (sulfide) groups is 1. The molecule has 5 atom stereocenters. The molecule has 0 radical (unpaired) electrons. The molecule has 1 aromatic rings. The van der Waals surface area contributed by atoms with Gasteiger partial charge in [-0.3, -0.25) is 14.4 Å². The minimum Gasteiger partial charge on any atom is -0.396 e. The lowest BCUT2D eigenvalue weighted by Crippen LogP contribution is -2.53. The topological polar surface area (TPSA) is 81.2 Å². The van der Waals surface area contributed by atoms with Crippen LogP contribution in [0.5, 0.6) is 0 Å². The van der Waals surface area contributed by atoms with Crippen LogP contribution in [0.3, 0.4) is 0 Å². The Labute approximate surface area is 229 Å². The lowest BCUT2D eigenvalue weighted by Gasteiger charge is -2.35. The van der Waals surface area contributed by atoms with Crippen molar-refractivity contribution in [1.29, 1.82) is 0 Å². The number of unbranched alkanes of at least 4 members (excludes halogenated alkanes) is 3. The number of carbonyl (C=O) groups excluding carboxylic acids is 3. The van der Waals surface area contributed by atoms with Crippen molar-refractivity contribution in [1.82, 2.24) is 14.7 Å². The van der Waals surface area contributed by atoms with E-state index in [1.54, 1.807) is 16.7 Å². The minimum atomic E-state index is -0.755. The predicted octanol–water partition coefficient (Wildman–Crippen LogP) is 3.24. The fraction of sp³-hybridized carbons (Fsp3) is 0.567. The van der Waals surface area contributed by atoms with Crippen LogP contribution in [0.4, 0.5) is 0 Å². The molecular weight excluding hydrogens is 498 g/mol. The summed E-state index contributed by atoms with van der Waals surface area (Å²) in [6.07, 6.45) is 12.5. The zero-order valence-corrected chi connectivity index (χ0v) is 23.0. The zero-order chi connectivity index (χ0) is 26.7. The van der Waals surface area contributed by atoms with E-state index in [1.807, 2.05) is 46.2 Å². The van der Waals surface area contributed by atoms with Crippen molar-refractivity contribution < 1.29 is 19.5 Å². The maximum atomic E-state index is 14.3. The van der Waals surface area contributed by atoms with Crippen LogP contribution in [-0.2, 0) is 20.9 Å². The molecule has 7 nitrogen and oxygen atoms in total. The quantitative estimate of drug-likeness (QED) is 0.366. The molecule has 3 amide bonds. The van der Waals surface area contributed by atoms with E-state index < -0.39 is 22.6 Å². The Morgan fingerprint density at radius 3 is 2.45 bits per heavy atom. The number of amides is 3. The minimum absolute atomic E-state index is 0.0316. The molecular formula is C30H39N3O4S. The first-order valence-corrected chi connectivity index (χ1v) is 14.9. The zero-order valence-electron chi connectivity index (χ0n) is 22.2.